The minimum Gasteiger partial charge on any atom is -0.306 e. The molecule has 16 heavy (non-hydrogen) atoms. The van der Waals surface area contributed by atoms with Gasteiger partial charge in [-0.25, -0.2) is 4.98 Å². The van der Waals surface area contributed by atoms with Gasteiger partial charge in [0.25, 0.3) is 5.56 Å². The molecule has 0 saturated heterocycles. The molecule has 1 heterocycles. The van der Waals surface area contributed by atoms with Crippen molar-refractivity contribution in [2.24, 2.45) is 0 Å². The van der Waals surface area contributed by atoms with Gasteiger partial charge in [-0.2, -0.15) is 0 Å². The number of rotatable bonds is 0. The second-order valence-corrected chi connectivity index (χ2v) is 6.60. The van der Waals surface area contributed by atoms with Gasteiger partial charge >= 0.3 is 0 Å². The van der Waals surface area contributed by atoms with E-state index in [2.05, 4.69) is 32.6 Å². The van der Waals surface area contributed by atoms with Gasteiger partial charge in [-0.05, 0) is 40.8 Å². The van der Waals surface area contributed by atoms with E-state index in [0.717, 1.165) is 3.57 Å². The molecule has 0 amide bonds. The lowest BCUT2D eigenvalue weighted by Crippen LogP contribution is -2.17. The van der Waals surface area contributed by atoms with E-state index in [1.165, 1.54) is 0 Å². The lowest BCUT2D eigenvalue weighted by molar-refractivity contribution is 0.974. The summed E-state index contributed by atoms with van der Waals surface area (Å²) >= 11 is 19.1. The molecule has 1 aromatic heterocycles. The van der Waals surface area contributed by atoms with Crippen LogP contribution in [0.3, 0.4) is 0 Å². The summed E-state index contributed by atoms with van der Waals surface area (Å²) < 4.78 is -0.782. The molecule has 3 nitrogen and oxygen atoms in total. The average Bonchev–Trinajstić information content (AvgIpc) is 2.17. The molecule has 7 heteroatoms. The Labute approximate surface area is 119 Å². The van der Waals surface area contributed by atoms with Crippen molar-refractivity contribution in [3.05, 3.63) is 37.9 Å². The molecule has 2 aromatic rings. The Balaban J connectivity index is 2.79. The fourth-order valence-corrected chi connectivity index (χ4v) is 2.00. The second-order valence-electron chi connectivity index (χ2n) is 3.07. The first kappa shape index (κ1) is 12.4. The molecule has 0 atom stereocenters. The van der Waals surface area contributed by atoms with Crippen LogP contribution in [0, 0.1) is 3.57 Å². The molecule has 0 fully saturated rings. The Morgan fingerprint density at radius 3 is 2.62 bits per heavy atom. The lowest BCUT2D eigenvalue weighted by atomic mass is 10.2. The minimum atomic E-state index is -1.73. The quantitative estimate of drug-likeness (QED) is 0.555. The fourth-order valence-electron chi connectivity index (χ4n) is 1.25. The highest BCUT2D eigenvalue weighted by Gasteiger charge is 2.26. The number of alkyl halides is 3. The van der Waals surface area contributed by atoms with E-state index in [1.807, 2.05) is 6.07 Å². The number of fused-ring (bicyclic) bond motifs is 1. The van der Waals surface area contributed by atoms with E-state index < -0.39 is 3.79 Å². The second kappa shape index (κ2) is 4.33. The molecule has 2 rings (SSSR count). The van der Waals surface area contributed by atoms with Crippen molar-refractivity contribution < 1.29 is 0 Å². The first-order valence-corrected chi connectivity index (χ1v) is 6.36. The van der Waals surface area contributed by atoms with E-state index in [0.29, 0.717) is 10.9 Å². The van der Waals surface area contributed by atoms with Gasteiger partial charge < -0.3 is 4.98 Å². The van der Waals surface area contributed by atoms with Crippen molar-refractivity contribution in [2.45, 2.75) is 3.79 Å². The summed E-state index contributed by atoms with van der Waals surface area (Å²) in [5, 5.41) is 0.477. The number of benzene rings is 1. The first-order valence-electron chi connectivity index (χ1n) is 4.15. The summed E-state index contributed by atoms with van der Waals surface area (Å²) in [5.41, 5.74) is 0.190. The zero-order valence-corrected chi connectivity index (χ0v) is 12.0. The highest BCUT2D eigenvalue weighted by molar-refractivity contribution is 14.1. The van der Waals surface area contributed by atoms with Crippen LogP contribution in [0.15, 0.2) is 23.0 Å². The topological polar surface area (TPSA) is 45.8 Å². The molecule has 0 spiro atoms. The predicted octanol–water partition coefficient (Wildman–Crippen LogP) is 3.35. The fraction of sp³-hybridized carbons (Fsp3) is 0.111. The van der Waals surface area contributed by atoms with Crippen LogP contribution in [0.2, 0.25) is 0 Å². The maximum atomic E-state index is 11.7. The molecule has 0 aliphatic heterocycles. The summed E-state index contributed by atoms with van der Waals surface area (Å²) in [6.07, 6.45) is 0. The van der Waals surface area contributed by atoms with Gasteiger partial charge in [-0.1, -0.05) is 34.8 Å². The lowest BCUT2D eigenvalue weighted by Gasteiger charge is -2.10. The van der Waals surface area contributed by atoms with Gasteiger partial charge in [0.05, 0.1) is 10.9 Å². The molecule has 84 valence electrons. The summed E-state index contributed by atoms with van der Waals surface area (Å²) in [7, 11) is 0. The molecule has 0 aliphatic rings. The highest BCUT2D eigenvalue weighted by Crippen LogP contribution is 2.35. The van der Waals surface area contributed by atoms with E-state index in [1.54, 1.807) is 12.1 Å². The van der Waals surface area contributed by atoms with Gasteiger partial charge in [0.1, 0.15) is 0 Å². The molecule has 0 aliphatic carbocycles. The van der Waals surface area contributed by atoms with Crippen molar-refractivity contribution in [3.8, 4) is 0 Å². The molecule has 1 aromatic carbocycles. The van der Waals surface area contributed by atoms with Crippen molar-refractivity contribution >= 4 is 68.3 Å². The van der Waals surface area contributed by atoms with Gasteiger partial charge in [0, 0.05) is 3.57 Å². The third kappa shape index (κ3) is 2.45. The maximum Gasteiger partial charge on any atom is 0.258 e. The number of H-pyrrole nitrogens is 1. The molecule has 0 saturated carbocycles. The van der Waals surface area contributed by atoms with Crippen LogP contribution in [0.25, 0.3) is 10.9 Å². The number of hydrogen-bond donors (Lipinski definition) is 1. The van der Waals surface area contributed by atoms with E-state index in [-0.39, 0.29) is 11.4 Å². The number of halogens is 4. The number of nitrogens with one attached hydrogen (secondary N) is 1. The van der Waals surface area contributed by atoms with Crippen LogP contribution in [0.1, 0.15) is 5.82 Å². The van der Waals surface area contributed by atoms with Crippen LogP contribution in [0.4, 0.5) is 0 Å². The normalized spacial score (nSPS) is 12.0. The number of nitrogens with zero attached hydrogens (tertiary/aromatic N) is 1. The Hall–Kier alpha value is -0.0400. The van der Waals surface area contributed by atoms with Gasteiger partial charge in [0.2, 0.25) is 3.79 Å². The van der Waals surface area contributed by atoms with Crippen molar-refractivity contribution in [1.29, 1.82) is 0 Å². The van der Waals surface area contributed by atoms with Gasteiger partial charge in [0.15, 0.2) is 5.82 Å². The molecule has 0 radical (unpaired) electrons. The van der Waals surface area contributed by atoms with Crippen molar-refractivity contribution in [1.82, 2.24) is 9.97 Å². The predicted molar refractivity (Wildman–Crippen MR) is 74.3 cm³/mol. The van der Waals surface area contributed by atoms with Crippen LogP contribution in [0.5, 0.6) is 0 Å². The number of aromatic amines is 1. The molecule has 0 unspecified atom stereocenters. The van der Waals surface area contributed by atoms with Crippen LogP contribution in [-0.2, 0) is 3.79 Å². The van der Waals surface area contributed by atoms with E-state index >= 15 is 0 Å². The molecule has 1 N–H and O–H groups in total. The van der Waals surface area contributed by atoms with Gasteiger partial charge in [-0.3, -0.25) is 4.79 Å². The zero-order valence-electron chi connectivity index (χ0n) is 7.60. The maximum absolute atomic E-state index is 11.7. The summed E-state index contributed by atoms with van der Waals surface area (Å²) in [5.74, 6) is 0.0243. The third-order valence-corrected chi connectivity index (χ3v) is 3.14. The average molecular weight is 389 g/mol. The minimum absolute atomic E-state index is 0.0243. The largest absolute Gasteiger partial charge is 0.306 e. The molecular weight excluding hydrogens is 385 g/mol. The monoisotopic (exact) mass is 388 g/mol. The van der Waals surface area contributed by atoms with Crippen LogP contribution in [-0.4, -0.2) is 9.97 Å². The standard InChI is InChI=1S/C9H4Cl3IN2O/c10-9(11,12)8-14-6-2-1-4(13)3-5(6)7(16)15-8/h1-3H,(H,14,15,16). The number of aromatic nitrogens is 2. The summed E-state index contributed by atoms with van der Waals surface area (Å²) in [4.78, 5) is 18.3. The Morgan fingerprint density at radius 2 is 2.00 bits per heavy atom. The molecule has 0 bridgehead atoms. The van der Waals surface area contributed by atoms with Crippen LogP contribution < -0.4 is 5.56 Å². The zero-order chi connectivity index (χ0) is 11.9. The smallest absolute Gasteiger partial charge is 0.258 e. The first-order chi connectivity index (χ1) is 7.38. The molecular formula is C9H4Cl3IN2O. The van der Waals surface area contributed by atoms with Gasteiger partial charge in [-0.15, -0.1) is 0 Å². The SMILES string of the molecule is O=c1[nH]c(C(Cl)(Cl)Cl)nc2ccc(I)cc12. The van der Waals surface area contributed by atoms with Crippen molar-refractivity contribution in [2.75, 3.05) is 0 Å². The Morgan fingerprint density at radius 1 is 1.31 bits per heavy atom. The van der Waals surface area contributed by atoms with E-state index in [4.69, 9.17) is 34.8 Å². The van der Waals surface area contributed by atoms with Crippen LogP contribution >= 0.6 is 57.4 Å². The highest BCUT2D eigenvalue weighted by atomic mass is 127. The van der Waals surface area contributed by atoms with E-state index in [9.17, 15) is 4.79 Å². The Kier molecular flexibility index (Phi) is 3.36. The summed E-state index contributed by atoms with van der Waals surface area (Å²) in [6.45, 7) is 0. The summed E-state index contributed by atoms with van der Waals surface area (Å²) in [6, 6.07) is 5.27. The van der Waals surface area contributed by atoms with Crippen molar-refractivity contribution in [3.63, 3.8) is 0 Å². The number of hydrogen-bond acceptors (Lipinski definition) is 2. The third-order valence-electron chi connectivity index (χ3n) is 1.94. The Bertz CT molecular complexity index is 606.